The predicted molar refractivity (Wildman–Crippen MR) is 135 cm³/mol. The van der Waals surface area contributed by atoms with Crippen LogP contribution in [-0.4, -0.2) is 47.4 Å². The van der Waals surface area contributed by atoms with Gasteiger partial charge in [0.1, 0.15) is 11.3 Å². The first-order valence-electron chi connectivity index (χ1n) is 13.0. The molecule has 1 saturated heterocycles. The number of amides is 3. The monoisotopic (exact) mass is 574 g/mol. The number of aliphatic hydroxyl groups is 1. The number of carbonyl (C=O) groups excluding carboxylic acids is 2. The second-order valence-corrected chi connectivity index (χ2v) is 9.90. The average Bonchev–Trinajstić information content (AvgIpc) is 3.11. The summed E-state index contributed by atoms with van der Waals surface area (Å²) in [4.78, 5) is 26.7. The highest BCUT2D eigenvalue weighted by atomic mass is 19.4. The zero-order valence-electron chi connectivity index (χ0n) is 22.4. The summed E-state index contributed by atoms with van der Waals surface area (Å²) in [7, 11) is 0. The molecule has 1 fully saturated rings. The van der Waals surface area contributed by atoms with Gasteiger partial charge in [0.25, 0.3) is 11.5 Å². The van der Waals surface area contributed by atoms with Crippen LogP contribution in [0.5, 0.6) is 5.75 Å². The van der Waals surface area contributed by atoms with E-state index < -0.39 is 41.0 Å². The van der Waals surface area contributed by atoms with E-state index in [1.807, 2.05) is 19.1 Å². The number of hydrogen-bond donors (Lipinski definition) is 2. The fourth-order valence-electron chi connectivity index (χ4n) is 4.62. The predicted octanol–water partition coefficient (Wildman–Crippen LogP) is 6.14. The molecule has 40 heavy (non-hydrogen) atoms. The molecule has 1 aliphatic rings. The minimum atomic E-state index is -5.98. The average molecular weight is 575 g/mol. The van der Waals surface area contributed by atoms with Crippen LogP contribution in [0.3, 0.4) is 0 Å². The molecule has 12 heteroatoms. The van der Waals surface area contributed by atoms with Gasteiger partial charge < -0.3 is 15.2 Å². The van der Waals surface area contributed by atoms with Gasteiger partial charge in [-0.25, -0.2) is 4.79 Å². The molecule has 0 radical (unpaired) electrons. The number of hydrogen-bond acceptors (Lipinski definition) is 4. The number of carbonyl (C=O) groups is 2. The lowest BCUT2D eigenvalue weighted by Crippen LogP contribution is -2.53. The van der Waals surface area contributed by atoms with Crippen molar-refractivity contribution >= 4 is 11.9 Å². The number of rotatable bonds is 11. The molecular formula is C28H32F6N2O4. The van der Waals surface area contributed by atoms with Crippen molar-refractivity contribution in [3.63, 3.8) is 0 Å². The first kappa shape index (κ1) is 31.3. The van der Waals surface area contributed by atoms with Gasteiger partial charge in [-0.3, -0.25) is 9.69 Å². The lowest BCUT2D eigenvalue weighted by Gasteiger charge is -2.33. The Hall–Kier alpha value is -3.28. The maximum absolute atomic E-state index is 13.3. The van der Waals surface area contributed by atoms with Crippen LogP contribution in [0, 0.1) is 0 Å². The highest BCUT2D eigenvalue weighted by Gasteiger charge is 2.71. The third kappa shape index (κ3) is 5.91. The normalized spacial score (nSPS) is 18.3. The van der Waals surface area contributed by atoms with Crippen LogP contribution in [0.15, 0.2) is 42.5 Å². The van der Waals surface area contributed by atoms with Crippen LogP contribution in [0.2, 0.25) is 0 Å². The van der Waals surface area contributed by atoms with Crippen molar-refractivity contribution in [1.82, 2.24) is 10.2 Å². The van der Waals surface area contributed by atoms with Crippen molar-refractivity contribution in [2.24, 2.45) is 0 Å². The van der Waals surface area contributed by atoms with Crippen molar-refractivity contribution in [2.45, 2.75) is 76.4 Å². The largest absolute Gasteiger partial charge is 0.493 e. The van der Waals surface area contributed by atoms with Crippen molar-refractivity contribution in [3.05, 3.63) is 64.7 Å². The van der Waals surface area contributed by atoms with Crippen LogP contribution in [0.1, 0.15) is 62.3 Å². The van der Waals surface area contributed by atoms with Gasteiger partial charge in [0.2, 0.25) is 0 Å². The Kier molecular flexibility index (Phi) is 9.12. The van der Waals surface area contributed by atoms with E-state index in [1.165, 1.54) is 0 Å². The van der Waals surface area contributed by atoms with E-state index in [-0.39, 0.29) is 30.9 Å². The van der Waals surface area contributed by atoms with E-state index >= 15 is 0 Å². The summed E-state index contributed by atoms with van der Waals surface area (Å²) in [5.41, 5.74) is -5.72. The van der Waals surface area contributed by atoms with Crippen LogP contribution < -0.4 is 10.1 Å². The Balaban J connectivity index is 1.63. The van der Waals surface area contributed by atoms with E-state index in [1.54, 1.807) is 26.0 Å². The van der Waals surface area contributed by atoms with E-state index in [4.69, 9.17) is 4.74 Å². The minimum absolute atomic E-state index is 0.0399. The van der Waals surface area contributed by atoms with Gasteiger partial charge in [-0.05, 0) is 61.4 Å². The van der Waals surface area contributed by atoms with Gasteiger partial charge in [0.05, 0.1) is 6.61 Å². The number of aryl methyl sites for hydroxylation is 2. The Bertz CT molecular complexity index is 1200. The van der Waals surface area contributed by atoms with Crippen molar-refractivity contribution in [3.8, 4) is 5.75 Å². The Labute approximate surface area is 228 Å². The number of imide groups is 1. The summed E-state index contributed by atoms with van der Waals surface area (Å²) < 4.78 is 85.4. The van der Waals surface area contributed by atoms with Gasteiger partial charge in [0.15, 0.2) is 0 Å². The standard InChI is InChI=1S/C28H32F6N2O4/c1-4-8-19-17-21(26(39,27(29,30)31)28(32,33)34)13-14-22(19)40-16-7-6-15-36-23(37)25(3,35-24(36)38)20-11-9-18(5-2)10-12-20/h9-14,17,39H,4-8,15-16H2,1-3H3,(H,35,38). The molecule has 3 rings (SSSR count). The third-order valence-electron chi connectivity index (χ3n) is 7.07. The highest BCUT2D eigenvalue weighted by molar-refractivity contribution is 6.07. The summed E-state index contributed by atoms with van der Waals surface area (Å²) in [6.07, 6.45) is -9.90. The number of alkyl halides is 6. The fourth-order valence-corrected chi connectivity index (χ4v) is 4.62. The zero-order valence-corrected chi connectivity index (χ0v) is 22.4. The minimum Gasteiger partial charge on any atom is -0.493 e. The van der Waals surface area contributed by atoms with Crippen molar-refractivity contribution in [1.29, 1.82) is 0 Å². The maximum Gasteiger partial charge on any atom is 0.430 e. The van der Waals surface area contributed by atoms with Gasteiger partial charge in [-0.2, -0.15) is 26.3 Å². The molecule has 2 N–H and O–H groups in total. The summed E-state index contributed by atoms with van der Waals surface area (Å²) in [6, 6.07) is 9.07. The zero-order chi connectivity index (χ0) is 29.9. The SMILES string of the molecule is CCCc1cc(C(O)(C(F)(F)F)C(F)(F)F)ccc1OCCCCN1C(=O)NC(C)(c2ccc(CC)cc2)C1=O. The molecule has 3 amide bonds. The Morgan fingerprint density at radius 2 is 1.57 bits per heavy atom. The van der Waals surface area contributed by atoms with E-state index in [9.17, 15) is 41.0 Å². The molecule has 2 aromatic rings. The number of nitrogens with one attached hydrogen (secondary N) is 1. The quantitative estimate of drug-likeness (QED) is 0.192. The number of unbranched alkanes of at least 4 members (excludes halogenated alkanes) is 1. The summed E-state index contributed by atoms with van der Waals surface area (Å²) in [5.74, 6) is -0.305. The number of nitrogens with zero attached hydrogens (tertiary/aromatic N) is 1. The molecule has 0 spiro atoms. The number of benzene rings is 2. The topological polar surface area (TPSA) is 78.9 Å². The summed E-state index contributed by atoms with van der Waals surface area (Å²) in [6.45, 7) is 5.47. The van der Waals surface area contributed by atoms with E-state index in [2.05, 4.69) is 5.32 Å². The van der Waals surface area contributed by atoms with Crippen LogP contribution >= 0.6 is 0 Å². The number of urea groups is 1. The molecule has 0 bridgehead atoms. The fraction of sp³-hybridized carbons (Fsp3) is 0.500. The van der Waals surface area contributed by atoms with Crippen molar-refractivity contribution < 1.29 is 45.8 Å². The molecule has 0 aromatic heterocycles. The first-order valence-corrected chi connectivity index (χ1v) is 13.0. The van der Waals surface area contributed by atoms with Gasteiger partial charge in [0, 0.05) is 12.1 Å². The molecule has 6 nitrogen and oxygen atoms in total. The molecule has 1 unspecified atom stereocenters. The van der Waals surface area contributed by atoms with E-state index in [0.29, 0.717) is 37.0 Å². The second kappa shape index (κ2) is 11.7. The van der Waals surface area contributed by atoms with Crippen LogP contribution in [-0.2, 0) is 28.8 Å². The third-order valence-corrected chi connectivity index (χ3v) is 7.07. The summed E-state index contributed by atoms with van der Waals surface area (Å²) in [5, 5.41) is 12.4. The molecular weight excluding hydrogens is 542 g/mol. The lowest BCUT2D eigenvalue weighted by atomic mass is 9.90. The molecule has 2 aromatic carbocycles. The summed E-state index contributed by atoms with van der Waals surface area (Å²) >= 11 is 0. The second-order valence-electron chi connectivity index (χ2n) is 9.90. The Morgan fingerprint density at radius 3 is 2.12 bits per heavy atom. The smallest absolute Gasteiger partial charge is 0.430 e. The molecule has 0 saturated carbocycles. The first-order chi connectivity index (χ1) is 18.6. The molecule has 1 atom stereocenters. The van der Waals surface area contributed by atoms with E-state index in [0.717, 1.165) is 23.0 Å². The lowest BCUT2D eigenvalue weighted by molar-refractivity contribution is -0.376. The number of halogens is 6. The van der Waals surface area contributed by atoms with Gasteiger partial charge >= 0.3 is 18.4 Å². The molecule has 0 aliphatic carbocycles. The molecule has 220 valence electrons. The van der Waals surface area contributed by atoms with Crippen LogP contribution in [0.4, 0.5) is 31.1 Å². The van der Waals surface area contributed by atoms with Gasteiger partial charge in [-0.15, -0.1) is 0 Å². The van der Waals surface area contributed by atoms with Crippen molar-refractivity contribution in [2.75, 3.05) is 13.2 Å². The molecule has 1 heterocycles. The van der Waals surface area contributed by atoms with Crippen LogP contribution in [0.25, 0.3) is 0 Å². The van der Waals surface area contributed by atoms with Gasteiger partial charge in [-0.1, -0.05) is 50.6 Å². The molecule has 1 aliphatic heterocycles. The maximum atomic E-state index is 13.3. The highest BCUT2D eigenvalue weighted by Crippen LogP contribution is 2.50. The number of ether oxygens (including phenoxy) is 1. The Morgan fingerprint density at radius 1 is 0.950 bits per heavy atom.